The molecule has 3 atom stereocenters. The van der Waals surface area contributed by atoms with Gasteiger partial charge in [-0.1, -0.05) is 41.9 Å². The van der Waals surface area contributed by atoms with Crippen molar-refractivity contribution in [2.24, 2.45) is 5.92 Å². The first-order valence-electron chi connectivity index (χ1n) is 8.40. The van der Waals surface area contributed by atoms with Gasteiger partial charge in [0.1, 0.15) is 5.15 Å². The quantitative estimate of drug-likeness (QED) is 0.607. The summed E-state index contributed by atoms with van der Waals surface area (Å²) in [6, 6.07) is 10.2. The number of carbonyl (C=O) groups excluding carboxylic acids is 2. The number of nitrogens with one attached hydrogen (secondary N) is 1. The number of halogens is 1. The van der Waals surface area contributed by atoms with E-state index in [1.165, 1.54) is 6.20 Å². The van der Waals surface area contributed by atoms with Crippen molar-refractivity contribution in [1.29, 1.82) is 0 Å². The highest BCUT2D eigenvalue weighted by atomic mass is 35.5. The third kappa shape index (κ3) is 3.93. The molecule has 2 heterocycles. The number of β-lactam (4-membered cyclic amide) rings is 1. The van der Waals surface area contributed by atoms with Crippen LogP contribution in [0.3, 0.4) is 0 Å². The Kier molecular flexibility index (Phi) is 5.41. The van der Waals surface area contributed by atoms with Crippen LogP contribution in [0.2, 0.25) is 5.15 Å². The van der Waals surface area contributed by atoms with Crippen LogP contribution in [0.1, 0.15) is 24.1 Å². The highest BCUT2D eigenvalue weighted by Gasteiger charge is 2.54. The maximum atomic E-state index is 12.5. The van der Waals surface area contributed by atoms with Gasteiger partial charge in [-0.15, -0.1) is 0 Å². The van der Waals surface area contributed by atoms with E-state index in [9.17, 15) is 19.5 Å². The minimum Gasteiger partial charge on any atom is -0.480 e. The molecule has 1 fully saturated rings. The Morgan fingerprint density at radius 1 is 1.30 bits per heavy atom. The first-order valence-corrected chi connectivity index (χ1v) is 8.78. The second kappa shape index (κ2) is 7.75. The largest absolute Gasteiger partial charge is 0.480 e. The number of hydrogen-bond acceptors (Lipinski definition) is 4. The summed E-state index contributed by atoms with van der Waals surface area (Å²) in [4.78, 5) is 41.2. The number of likely N-dealkylation sites (tertiary alicyclic amines) is 1. The number of aromatic nitrogens is 1. The van der Waals surface area contributed by atoms with Crippen molar-refractivity contribution in [2.45, 2.75) is 25.4 Å². The number of benzene rings is 1. The van der Waals surface area contributed by atoms with Gasteiger partial charge in [0.2, 0.25) is 5.91 Å². The molecule has 1 saturated heterocycles. The van der Waals surface area contributed by atoms with E-state index in [1.807, 2.05) is 30.3 Å². The van der Waals surface area contributed by atoms with Gasteiger partial charge in [0, 0.05) is 6.20 Å². The Labute approximate surface area is 161 Å². The van der Waals surface area contributed by atoms with Crippen LogP contribution < -0.4 is 5.32 Å². The van der Waals surface area contributed by atoms with Crippen LogP contribution in [0.15, 0.2) is 48.7 Å². The van der Waals surface area contributed by atoms with E-state index in [1.54, 1.807) is 19.1 Å². The number of urea groups is 1. The van der Waals surface area contributed by atoms with E-state index >= 15 is 0 Å². The molecule has 2 aromatic rings. The molecule has 1 aromatic carbocycles. The lowest BCUT2D eigenvalue weighted by Crippen LogP contribution is -2.68. The number of carbonyl (C=O) groups is 3. The average molecular weight is 388 g/mol. The van der Waals surface area contributed by atoms with E-state index in [0.717, 1.165) is 10.5 Å². The van der Waals surface area contributed by atoms with Gasteiger partial charge in [-0.05, 0) is 36.6 Å². The molecule has 0 aliphatic carbocycles. The molecule has 0 unspecified atom stereocenters. The predicted octanol–water partition coefficient (Wildman–Crippen LogP) is 2.66. The monoisotopic (exact) mass is 387 g/mol. The third-order valence-electron chi connectivity index (χ3n) is 4.57. The molecule has 3 amide bonds. The standard InChI is InChI=1S/C19H18ClN3O4/c1-11(13-5-3-2-4-6-13)22-19(27)23-16(18(25)26)14(17(23)24)9-12-7-8-21-15(20)10-12/h2-8,10-11,14,16H,9H2,1H3,(H,22,27)(H,25,26)/t11-,14-,16+/m1/s1. The number of amides is 3. The van der Waals surface area contributed by atoms with Gasteiger partial charge in [0.15, 0.2) is 6.04 Å². The van der Waals surface area contributed by atoms with Gasteiger partial charge in [-0.2, -0.15) is 0 Å². The fourth-order valence-electron chi connectivity index (χ4n) is 3.16. The van der Waals surface area contributed by atoms with E-state index in [0.29, 0.717) is 5.56 Å². The summed E-state index contributed by atoms with van der Waals surface area (Å²) in [7, 11) is 0. The van der Waals surface area contributed by atoms with Crippen molar-refractivity contribution in [1.82, 2.24) is 15.2 Å². The highest BCUT2D eigenvalue weighted by Crippen LogP contribution is 2.31. The molecule has 1 aromatic heterocycles. The van der Waals surface area contributed by atoms with Crippen molar-refractivity contribution in [2.75, 3.05) is 0 Å². The predicted molar refractivity (Wildman–Crippen MR) is 98.1 cm³/mol. The lowest BCUT2D eigenvalue weighted by Gasteiger charge is -2.43. The van der Waals surface area contributed by atoms with Crippen LogP contribution in [-0.2, 0) is 16.0 Å². The van der Waals surface area contributed by atoms with Crippen molar-refractivity contribution in [3.8, 4) is 0 Å². The van der Waals surface area contributed by atoms with Crippen LogP contribution in [0.25, 0.3) is 0 Å². The van der Waals surface area contributed by atoms with Crippen LogP contribution in [0.4, 0.5) is 4.79 Å². The second-order valence-electron chi connectivity index (χ2n) is 6.37. The molecule has 140 valence electrons. The summed E-state index contributed by atoms with van der Waals surface area (Å²) < 4.78 is 0. The topological polar surface area (TPSA) is 99.6 Å². The summed E-state index contributed by atoms with van der Waals surface area (Å²) in [5.41, 5.74) is 1.55. The Balaban J connectivity index is 1.71. The summed E-state index contributed by atoms with van der Waals surface area (Å²) in [5.74, 6) is -2.56. The zero-order valence-electron chi connectivity index (χ0n) is 14.5. The van der Waals surface area contributed by atoms with Crippen LogP contribution in [0.5, 0.6) is 0 Å². The molecule has 3 rings (SSSR count). The van der Waals surface area contributed by atoms with Crippen LogP contribution in [-0.4, -0.2) is 38.9 Å². The number of carboxylic acids is 1. The molecular weight excluding hydrogens is 370 g/mol. The molecule has 0 spiro atoms. The molecule has 0 radical (unpaired) electrons. The summed E-state index contributed by atoms with van der Waals surface area (Å²) >= 11 is 5.83. The van der Waals surface area contributed by atoms with Gasteiger partial charge >= 0.3 is 12.0 Å². The Bertz CT molecular complexity index is 874. The van der Waals surface area contributed by atoms with Gasteiger partial charge in [-0.3, -0.25) is 4.79 Å². The lowest BCUT2D eigenvalue weighted by atomic mass is 9.82. The zero-order chi connectivity index (χ0) is 19.6. The minimum absolute atomic E-state index is 0.177. The molecule has 1 aliphatic rings. The number of hydrogen-bond donors (Lipinski definition) is 2. The number of aliphatic carboxylic acids is 1. The number of imide groups is 1. The maximum Gasteiger partial charge on any atom is 0.327 e. The van der Waals surface area contributed by atoms with Gasteiger partial charge in [-0.25, -0.2) is 19.5 Å². The number of rotatable bonds is 5. The zero-order valence-corrected chi connectivity index (χ0v) is 15.3. The van der Waals surface area contributed by atoms with Crippen molar-refractivity contribution in [3.63, 3.8) is 0 Å². The molecule has 7 nitrogen and oxygen atoms in total. The lowest BCUT2D eigenvalue weighted by molar-refractivity contribution is -0.165. The first kappa shape index (κ1) is 18.8. The summed E-state index contributed by atoms with van der Waals surface area (Å²) in [5, 5.41) is 12.5. The van der Waals surface area contributed by atoms with E-state index in [2.05, 4.69) is 10.3 Å². The van der Waals surface area contributed by atoms with E-state index < -0.39 is 29.9 Å². The number of carboxylic acid groups (broad SMARTS) is 1. The van der Waals surface area contributed by atoms with Crippen molar-refractivity contribution >= 4 is 29.5 Å². The fraction of sp³-hybridized carbons (Fsp3) is 0.263. The summed E-state index contributed by atoms with van der Waals surface area (Å²) in [6.07, 6.45) is 1.67. The summed E-state index contributed by atoms with van der Waals surface area (Å²) in [6.45, 7) is 1.77. The van der Waals surface area contributed by atoms with E-state index in [-0.39, 0.29) is 17.6 Å². The normalized spacial score (nSPS) is 19.9. The van der Waals surface area contributed by atoms with Crippen molar-refractivity contribution < 1.29 is 19.5 Å². The van der Waals surface area contributed by atoms with Crippen molar-refractivity contribution in [3.05, 3.63) is 64.9 Å². The number of pyridine rings is 1. The minimum atomic E-state index is -1.22. The molecule has 27 heavy (non-hydrogen) atoms. The Morgan fingerprint density at radius 2 is 2.00 bits per heavy atom. The average Bonchev–Trinajstić information content (AvgIpc) is 2.64. The van der Waals surface area contributed by atoms with Gasteiger partial charge in [0.05, 0.1) is 12.0 Å². The Hall–Kier alpha value is -2.93. The van der Waals surface area contributed by atoms with Gasteiger partial charge < -0.3 is 10.4 Å². The van der Waals surface area contributed by atoms with E-state index in [4.69, 9.17) is 11.6 Å². The Morgan fingerprint density at radius 3 is 2.63 bits per heavy atom. The van der Waals surface area contributed by atoms with Gasteiger partial charge in [0.25, 0.3) is 0 Å². The van der Waals surface area contributed by atoms with Crippen LogP contribution in [0, 0.1) is 5.92 Å². The molecule has 0 saturated carbocycles. The maximum absolute atomic E-state index is 12.5. The third-order valence-corrected chi connectivity index (χ3v) is 4.78. The molecule has 0 bridgehead atoms. The highest BCUT2D eigenvalue weighted by molar-refractivity contribution is 6.29. The molecule has 8 heteroatoms. The number of nitrogens with zero attached hydrogens (tertiary/aromatic N) is 2. The first-order chi connectivity index (χ1) is 12.9. The second-order valence-corrected chi connectivity index (χ2v) is 6.76. The fourth-order valence-corrected chi connectivity index (χ4v) is 3.36. The molecular formula is C19H18ClN3O4. The smallest absolute Gasteiger partial charge is 0.327 e. The molecule has 2 N–H and O–H groups in total. The SMILES string of the molecule is C[C@@H](NC(=O)N1C(=O)[C@H](Cc2ccnc(Cl)c2)[C@H]1C(=O)O)c1ccccc1. The molecule has 1 aliphatic heterocycles. The van der Waals surface area contributed by atoms with Crippen LogP contribution >= 0.6 is 11.6 Å².